The SMILES string of the molecule is COc1cccc(CNC(=N)CCN2CCN(c3ccc(F)cc3)CC2)c1. The quantitative estimate of drug-likeness (QED) is 0.581. The molecule has 2 aromatic carbocycles. The average Bonchev–Trinajstić information content (AvgIpc) is 2.72. The molecule has 27 heavy (non-hydrogen) atoms. The normalized spacial score (nSPS) is 14.8. The van der Waals surface area contributed by atoms with Gasteiger partial charge in [0, 0.05) is 51.4 Å². The molecule has 2 aromatic rings. The molecule has 0 bridgehead atoms. The van der Waals surface area contributed by atoms with E-state index in [0.29, 0.717) is 18.8 Å². The summed E-state index contributed by atoms with van der Waals surface area (Å²) < 4.78 is 18.3. The molecule has 1 heterocycles. The summed E-state index contributed by atoms with van der Waals surface area (Å²) in [5.41, 5.74) is 2.18. The molecule has 2 N–H and O–H groups in total. The minimum Gasteiger partial charge on any atom is -0.497 e. The fraction of sp³-hybridized carbons (Fsp3) is 0.381. The molecular weight excluding hydrogens is 343 g/mol. The largest absolute Gasteiger partial charge is 0.497 e. The number of halogens is 1. The van der Waals surface area contributed by atoms with E-state index in [1.165, 1.54) is 12.1 Å². The number of piperazine rings is 1. The van der Waals surface area contributed by atoms with Crippen LogP contribution in [0.25, 0.3) is 0 Å². The lowest BCUT2D eigenvalue weighted by Gasteiger charge is -2.36. The molecule has 0 aliphatic carbocycles. The Morgan fingerprint density at radius 3 is 2.56 bits per heavy atom. The van der Waals surface area contributed by atoms with Crippen molar-refractivity contribution < 1.29 is 9.13 Å². The predicted octanol–water partition coefficient (Wildman–Crippen LogP) is 3.11. The Bertz CT molecular complexity index is 742. The van der Waals surface area contributed by atoms with Gasteiger partial charge in [-0.15, -0.1) is 0 Å². The molecule has 0 aromatic heterocycles. The third kappa shape index (κ3) is 5.69. The Kier molecular flexibility index (Phi) is 6.65. The second-order valence-corrected chi connectivity index (χ2v) is 6.74. The molecule has 1 saturated heterocycles. The Morgan fingerprint density at radius 2 is 1.85 bits per heavy atom. The van der Waals surface area contributed by atoms with Gasteiger partial charge in [0.05, 0.1) is 12.9 Å². The summed E-state index contributed by atoms with van der Waals surface area (Å²) in [5.74, 6) is 1.19. The molecule has 0 spiro atoms. The van der Waals surface area contributed by atoms with Gasteiger partial charge in [-0.2, -0.15) is 0 Å². The summed E-state index contributed by atoms with van der Waals surface area (Å²) in [6, 6.07) is 14.6. The van der Waals surface area contributed by atoms with Gasteiger partial charge in [-0.1, -0.05) is 12.1 Å². The second-order valence-electron chi connectivity index (χ2n) is 6.74. The fourth-order valence-electron chi connectivity index (χ4n) is 3.23. The highest BCUT2D eigenvalue weighted by Crippen LogP contribution is 2.17. The van der Waals surface area contributed by atoms with E-state index in [0.717, 1.165) is 49.7 Å². The molecule has 1 aliphatic rings. The average molecular weight is 370 g/mol. The molecular formula is C21H27FN4O. The van der Waals surface area contributed by atoms with Gasteiger partial charge >= 0.3 is 0 Å². The Morgan fingerprint density at radius 1 is 1.11 bits per heavy atom. The summed E-state index contributed by atoms with van der Waals surface area (Å²) >= 11 is 0. The van der Waals surface area contributed by atoms with Crippen LogP contribution in [-0.2, 0) is 6.54 Å². The van der Waals surface area contributed by atoms with Gasteiger partial charge in [-0.25, -0.2) is 4.39 Å². The number of nitrogens with zero attached hydrogens (tertiary/aromatic N) is 2. The molecule has 0 unspecified atom stereocenters. The van der Waals surface area contributed by atoms with Crippen LogP contribution < -0.4 is 15.0 Å². The molecule has 0 amide bonds. The third-order valence-corrected chi connectivity index (χ3v) is 4.88. The number of benzene rings is 2. The van der Waals surface area contributed by atoms with Crippen molar-refractivity contribution in [2.75, 3.05) is 44.7 Å². The van der Waals surface area contributed by atoms with Crippen molar-refractivity contribution in [3.63, 3.8) is 0 Å². The Labute approximate surface area is 160 Å². The zero-order chi connectivity index (χ0) is 19.1. The maximum atomic E-state index is 13.0. The number of rotatable bonds is 7. The molecule has 1 fully saturated rings. The van der Waals surface area contributed by atoms with E-state index in [-0.39, 0.29) is 5.82 Å². The van der Waals surface area contributed by atoms with E-state index < -0.39 is 0 Å². The van der Waals surface area contributed by atoms with Crippen LogP contribution in [0.3, 0.4) is 0 Å². The zero-order valence-corrected chi connectivity index (χ0v) is 15.7. The smallest absolute Gasteiger partial charge is 0.123 e. The minimum atomic E-state index is -0.197. The van der Waals surface area contributed by atoms with Gasteiger partial charge in [-0.05, 0) is 42.0 Å². The van der Waals surface area contributed by atoms with Crippen LogP contribution in [0.15, 0.2) is 48.5 Å². The summed E-state index contributed by atoms with van der Waals surface area (Å²) in [4.78, 5) is 4.66. The molecule has 5 nitrogen and oxygen atoms in total. The summed E-state index contributed by atoms with van der Waals surface area (Å²) in [7, 11) is 1.66. The van der Waals surface area contributed by atoms with Gasteiger partial charge in [0.1, 0.15) is 11.6 Å². The van der Waals surface area contributed by atoms with Gasteiger partial charge in [-0.3, -0.25) is 10.3 Å². The van der Waals surface area contributed by atoms with Crippen LogP contribution in [0.4, 0.5) is 10.1 Å². The van der Waals surface area contributed by atoms with Crippen molar-refractivity contribution in [1.82, 2.24) is 10.2 Å². The zero-order valence-electron chi connectivity index (χ0n) is 15.7. The van der Waals surface area contributed by atoms with Crippen LogP contribution in [0.5, 0.6) is 5.75 Å². The van der Waals surface area contributed by atoms with Crippen LogP contribution in [0, 0.1) is 11.2 Å². The maximum absolute atomic E-state index is 13.0. The molecule has 144 valence electrons. The summed E-state index contributed by atoms with van der Waals surface area (Å²) in [6.07, 6.45) is 0.709. The predicted molar refractivity (Wildman–Crippen MR) is 107 cm³/mol. The highest BCUT2D eigenvalue weighted by Gasteiger charge is 2.17. The third-order valence-electron chi connectivity index (χ3n) is 4.88. The van der Waals surface area contributed by atoms with E-state index >= 15 is 0 Å². The van der Waals surface area contributed by atoms with Crippen molar-refractivity contribution in [3.8, 4) is 5.75 Å². The number of amidine groups is 1. The van der Waals surface area contributed by atoms with E-state index in [4.69, 9.17) is 10.1 Å². The molecule has 1 aliphatic heterocycles. The van der Waals surface area contributed by atoms with Crippen molar-refractivity contribution in [2.45, 2.75) is 13.0 Å². The van der Waals surface area contributed by atoms with E-state index in [9.17, 15) is 4.39 Å². The molecule has 0 saturated carbocycles. The van der Waals surface area contributed by atoms with E-state index in [2.05, 4.69) is 15.1 Å². The Balaban J connectivity index is 1.36. The highest BCUT2D eigenvalue weighted by molar-refractivity contribution is 5.79. The topological polar surface area (TPSA) is 51.6 Å². The van der Waals surface area contributed by atoms with Crippen molar-refractivity contribution in [3.05, 3.63) is 59.9 Å². The van der Waals surface area contributed by atoms with E-state index in [1.54, 1.807) is 7.11 Å². The first-order chi connectivity index (χ1) is 13.1. The second kappa shape index (κ2) is 9.37. The van der Waals surface area contributed by atoms with E-state index in [1.807, 2.05) is 36.4 Å². The first kappa shape index (κ1) is 19.2. The van der Waals surface area contributed by atoms with Crippen LogP contribution in [-0.4, -0.2) is 50.6 Å². The number of ether oxygens (including phenoxy) is 1. The first-order valence-corrected chi connectivity index (χ1v) is 9.31. The van der Waals surface area contributed by atoms with Crippen molar-refractivity contribution in [2.24, 2.45) is 0 Å². The lowest BCUT2D eigenvalue weighted by molar-refractivity contribution is 0.264. The monoisotopic (exact) mass is 370 g/mol. The molecule has 3 rings (SSSR count). The fourth-order valence-corrected chi connectivity index (χ4v) is 3.23. The van der Waals surface area contributed by atoms with Crippen LogP contribution in [0.2, 0.25) is 0 Å². The number of hydrogen-bond acceptors (Lipinski definition) is 4. The van der Waals surface area contributed by atoms with Gasteiger partial charge in [0.2, 0.25) is 0 Å². The molecule has 0 radical (unpaired) electrons. The van der Waals surface area contributed by atoms with Gasteiger partial charge in [0.25, 0.3) is 0 Å². The lowest BCUT2D eigenvalue weighted by Crippen LogP contribution is -2.47. The highest BCUT2D eigenvalue weighted by atomic mass is 19.1. The van der Waals surface area contributed by atoms with Gasteiger partial charge in [0.15, 0.2) is 0 Å². The molecule has 6 heteroatoms. The van der Waals surface area contributed by atoms with Crippen LogP contribution in [0.1, 0.15) is 12.0 Å². The van der Waals surface area contributed by atoms with Crippen LogP contribution >= 0.6 is 0 Å². The van der Waals surface area contributed by atoms with Crippen molar-refractivity contribution >= 4 is 11.5 Å². The standard InChI is InChI=1S/C21H27FN4O/c1-27-20-4-2-3-17(15-20)16-24-21(23)9-10-25-11-13-26(14-12-25)19-7-5-18(22)6-8-19/h2-8,15H,9-14,16H2,1H3,(H2,23,24). The first-order valence-electron chi connectivity index (χ1n) is 9.31. The number of hydrogen-bond donors (Lipinski definition) is 2. The number of methoxy groups -OCH3 is 1. The summed E-state index contributed by atoms with van der Waals surface area (Å²) in [6.45, 7) is 5.28. The lowest BCUT2D eigenvalue weighted by atomic mass is 10.2. The van der Waals surface area contributed by atoms with Gasteiger partial charge < -0.3 is 15.0 Å². The minimum absolute atomic E-state index is 0.197. The summed E-state index contributed by atoms with van der Waals surface area (Å²) in [5, 5.41) is 11.3. The Hall–Kier alpha value is -2.60. The number of nitrogens with one attached hydrogen (secondary N) is 2. The number of anilines is 1. The maximum Gasteiger partial charge on any atom is 0.123 e. The molecule has 0 atom stereocenters. The van der Waals surface area contributed by atoms with Crippen molar-refractivity contribution in [1.29, 1.82) is 5.41 Å².